The normalized spacial score (nSPS) is 11.9. The summed E-state index contributed by atoms with van der Waals surface area (Å²) in [5, 5.41) is 15.4. The van der Waals surface area contributed by atoms with Crippen LogP contribution in [0, 0.1) is 18.3 Å². The number of pyridine rings is 1. The van der Waals surface area contributed by atoms with E-state index < -0.39 is 12.1 Å². The fraction of sp³-hybridized carbons (Fsp3) is 0.136. The van der Waals surface area contributed by atoms with E-state index in [-0.39, 0.29) is 17.6 Å². The predicted octanol–water partition coefficient (Wildman–Crippen LogP) is 5.20. The van der Waals surface area contributed by atoms with Crippen LogP contribution in [-0.2, 0) is 6.18 Å². The minimum absolute atomic E-state index is 0.227. The lowest BCUT2D eigenvalue weighted by Crippen LogP contribution is -2.04. The quantitative estimate of drug-likeness (QED) is 0.293. The third-order valence-corrected chi connectivity index (χ3v) is 5.06. The van der Waals surface area contributed by atoms with Gasteiger partial charge in [-0.25, -0.2) is 0 Å². The first-order valence-electron chi connectivity index (χ1n) is 9.42. The Morgan fingerprint density at radius 1 is 1.24 bits per heavy atom. The Kier molecular flexibility index (Phi) is 5.74. The summed E-state index contributed by atoms with van der Waals surface area (Å²) in [7, 11) is 0. The van der Waals surface area contributed by atoms with Crippen LogP contribution < -0.4 is 0 Å². The molecule has 1 aromatic carbocycles. The summed E-state index contributed by atoms with van der Waals surface area (Å²) < 4.78 is 44.3. The molecule has 0 aliphatic heterocycles. The zero-order valence-corrected chi connectivity index (χ0v) is 17.6. The number of carbonyl (C=O) groups excluding carboxylic acids is 1. The number of fused-ring (bicyclic) bond motifs is 1. The molecule has 4 aromatic rings. The highest BCUT2D eigenvalue weighted by atomic mass is 35.5. The van der Waals surface area contributed by atoms with Gasteiger partial charge in [-0.2, -0.15) is 18.4 Å². The second-order valence-corrected chi connectivity index (χ2v) is 7.19. The van der Waals surface area contributed by atoms with E-state index in [4.69, 9.17) is 16.9 Å². The number of hydrogen-bond donors (Lipinski definition) is 0. The zero-order chi connectivity index (χ0) is 23.8. The molecule has 7 nitrogen and oxygen atoms in total. The molecule has 0 radical (unpaired) electrons. The number of nitriles is 1. The molecule has 0 aliphatic carbocycles. The molecule has 166 valence electrons. The van der Waals surface area contributed by atoms with Gasteiger partial charge in [0.05, 0.1) is 34.1 Å². The molecule has 0 spiro atoms. The summed E-state index contributed by atoms with van der Waals surface area (Å²) in [6.07, 6.45) is -0.565. The van der Waals surface area contributed by atoms with Crippen LogP contribution in [0.3, 0.4) is 0 Å². The number of rotatable bonds is 5. The van der Waals surface area contributed by atoms with Crippen molar-refractivity contribution in [3.05, 3.63) is 70.7 Å². The van der Waals surface area contributed by atoms with E-state index >= 15 is 0 Å². The molecule has 3 heterocycles. The average Bonchev–Trinajstić information content (AvgIpc) is 3.39. The molecule has 0 fully saturated rings. The van der Waals surface area contributed by atoms with Crippen LogP contribution in [0.5, 0.6) is 0 Å². The number of benzene rings is 1. The Bertz CT molecular complexity index is 1430. The van der Waals surface area contributed by atoms with Crippen molar-refractivity contribution in [1.82, 2.24) is 19.7 Å². The van der Waals surface area contributed by atoms with Crippen molar-refractivity contribution < 1.29 is 22.4 Å². The summed E-state index contributed by atoms with van der Waals surface area (Å²) in [6, 6.07) is 10.5. The van der Waals surface area contributed by atoms with Crippen molar-refractivity contribution in [2.24, 2.45) is 0 Å². The monoisotopic (exact) mass is 471 g/mol. The third-order valence-electron chi connectivity index (χ3n) is 4.82. The number of ketones is 1. The number of carbonyl (C=O) groups is 1. The fourth-order valence-corrected chi connectivity index (χ4v) is 3.52. The molecule has 0 unspecified atom stereocenters. The van der Waals surface area contributed by atoms with Gasteiger partial charge < -0.3 is 8.98 Å². The van der Waals surface area contributed by atoms with Crippen molar-refractivity contribution in [3.8, 4) is 11.8 Å². The highest BCUT2D eigenvalue weighted by Crippen LogP contribution is 2.30. The second-order valence-electron chi connectivity index (χ2n) is 6.92. The lowest BCUT2D eigenvalue weighted by Gasteiger charge is -2.09. The molecular formula is C22H13ClF3N5O2. The average molecular weight is 472 g/mol. The third kappa shape index (κ3) is 4.23. The molecule has 0 bridgehead atoms. The Hall–Kier alpha value is -3.97. The molecule has 0 saturated carbocycles. The molecular weight excluding hydrogens is 459 g/mol. The van der Waals surface area contributed by atoms with Crippen LogP contribution in [0.15, 0.2) is 40.9 Å². The lowest BCUT2D eigenvalue weighted by atomic mass is 10.1. The highest BCUT2D eigenvalue weighted by Gasteiger charge is 2.37. The summed E-state index contributed by atoms with van der Waals surface area (Å²) >= 11 is 5.80. The van der Waals surface area contributed by atoms with E-state index in [0.717, 1.165) is 0 Å². The molecule has 3 aromatic heterocycles. The first-order valence-corrected chi connectivity index (χ1v) is 9.96. The molecule has 33 heavy (non-hydrogen) atoms. The number of hydrogen-bond acceptors (Lipinski definition) is 6. The van der Waals surface area contributed by atoms with Crippen molar-refractivity contribution >= 4 is 40.6 Å². The van der Waals surface area contributed by atoms with Crippen LogP contribution in [0.25, 0.3) is 28.9 Å². The summed E-state index contributed by atoms with van der Waals surface area (Å²) in [6.45, 7) is 1.76. The number of nitrogens with zero attached hydrogens (tertiary/aromatic N) is 5. The van der Waals surface area contributed by atoms with Crippen molar-refractivity contribution in [2.75, 3.05) is 5.88 Å². The second kappa shape index (κ2) is 8.52. The van der Waals surface area contributed by atoms with Crippen LogP contribution in [0.1, 0.15) is 39.0 Å². The zero-order valence-electron chi connectivity index (χ0n) is 16.9. The summed E-state index contributed by atoms with van der Waals surface area (Å²) in [5.41, 5.74) is 3.68. The number of alkyl halides is 4. The Labute approximate surface area is 189 Å². The predicted molar refractivity (Wildman–Crippen MR) is 114 cm³/mol. The van der Waals surface area contributed by atoms with E-state index in [1.165, 1.54) is 18.3 Å². The largest absolute Gasteiger partial charge is 0.470 e. The molecule has 0 N–H and O–H groups in total. The van der Waals surface area contributed by atoms with Gasteiger partial charge in [-0.15, -0.1) is 21.8 Å². The van der Waals surface area contributed by atoms with E-state index in [9.17, 15) is 18.0 Å². The topological polar surface area (TPSA) is 97.6 Å². The first kappa shape index (κ1) is 22.2. The van der Waals surface area contributed by atoms with Gasteiger partial charge in [-0.1, -0.05) is 0 Å². The molecule has 0 amide bonds. The first-order chi connectivity index (χ1) is 15.7. The molecule has 0 aliphatic rings. The maximum Gasteiger partial charge on any atom is 0.470 e. The maximum atomic E-state index is 12.6. The molecule has 0 saturated heterocycles. The fourth-order valence-electron chi connectivity index (χ4n) is 3.39. The van der Waals surface area contributed by atoms with Gasteiger partial charge in [-0.3, -0.25) is 9.78 Å². The van der Waals surface area contributed by atoms with Gasteiger partial charge in [0, 0.05) is 23.7 Å². The van der Waals surface area contributed by atoms with Crippen LogP contribution in [-0.4, -0.2) is 31.4 Å². The number of Topliss-reactive ketones (excluding diaryl/α,β-unsaturated/α-hetero) is 1. The van der Waals surface area contributed by atoms with Gasteiger partial charge in [0.2, 0.25) is 5.89 Å². The Balaban J connectivity index is 1.82. The minimum atomic E-state index is -4.73. The van der Waals surface area contributed by atoms with Gasteiger partial charge >= 0.3 is 12.1 Å². The van der Waals surface area contributed by atoms with Crippen LogP contribution in [0.4, 0.5) is 13.2 Å². The summed E-state index contributed by atoms with van der Waals surface area (Å²) in [5.74, 6) is -2.28. The Morgan fingerprint density at radius 3 is 2.58 bits per heavy atom. The van der Waals surface area contributed by atoms with E-state index in [2.05, 4.69) is 19.6 Å². The van der Waals surface area contributed by atoms with Crippen molar-refractivity contribution in [3.63, 3.8) is 0 Å². The highest BCUT2D eigenvalue weighted by molar-refractivity contribution is 6.32. The number of aromatic nitrogens is 4. The standard InChI is InChI=1S/C22H13ClF3N5O2/c1-12-19(17(32)9-23)20-16(31(12)15-5-2-13(10-27)3-6-15)8-14(11-28-20)4-7-18-29-30-21(33-18)22(24,25)26/h2-8,11H,9H2,1H3/b7-4+. The Morgan fingerprint density at radius 2 is 1.97 bits per heavy atom. The van der Waals surface area contributed by atoms with Crippen molar-refractivity contribution in [1.29, 1.82) is 5.26 Å². The lowest BCUT2D eigenvalue weighted by molar-refractivity contribution is -0.157. The van der Waals surface area contributed by atoms with E-state index in [0.29, 0.717) is 39.1 Å². The van der Waals surface area contributed by atoms with Gasteiger partial charge in [0.15, 0.2) is 5.78 Å². The minimum Gasteiger partial charge on any atom is -0.413 e. The van der Waals surface area contributed by atoms with E-state index in [1.54, 1.807) is 41.8 Å². The smallest absolute Gasteiger partial charge is 0.413 e. The van der Waals surface area contributed by atoms with Crippen LogP contribution >= 0.6 is 11.6 Å². The van der Waals surface area contributed by atoms with Gasteiger partial charge in [0.25, 0.3) is 0 Å². The molecule has 0 atom stereocenters. The molecule has 11 heteroatoms. The SMILES string of the molecule is Cc1c(C(=O)CCl)c2ncc(/C=C/c3nnc(C(F)(F)F)o3)cc2n1-c1ccc(C#N)cc1. The summed E-state index contributed by atoms with van der Waals surface area (Å²) in [4.78, 5) is 16.9. The van der Waals surface area contributed by atoms with Crippen LogP contribution in [0.2, 0.25) is 0 Å². The van der Waals surface area contributed by atoms with Gasteiger partial charge in [0.1, 0.15) is 0 Å². The van der Waals surface area contributed by atoms with E-state index in [1.807, 2.05) is 6.07 Å². The molecule has 4 rings (SSSR count). The van der Waals surface area contributed by atoms with Crippen molar-refractivity contribution in [2.45, 2.75) is 13.1 Å². The number of halogens is 4. The van der Waals surface area contributed by atoms with Gasteiger partial charge in [-0.05, 0) is 48.9 Å². The maximum absolute atomic E-state index is 12.6.